The second kappa shape index (κ2) is 4.69. The number of hydrogen-bond donors (Lipinski definition) is 1. The van der Waals surface area contributed by atoms with Gasteiger partial charge in [0.1, 0.15) is 0 Å². The highest BCUT2D eigenvalue weighted by atomic mass is 14.9. The molecule has 2 unspecified atom stereocenters. The van der Waals surface area contributed by atoms with Crippen LogP contribution in [-0.2, 0) is 0 Å². The van der Waals surface area contributed by atoms with E-state index in [4.69, 9.17) is 0 Å². The predicted octanol–water partition coefficient (Wildman–Crippen LogP) is 3.61. The molecule has 1 N–H and O–H groups in total. The summed E-state index contributed by atoms with van der Waals surface area (Å²) in [5.74, 6) is 0.831. The first-order valence-corrected chi connectivity index (χ1v) is 6.23. The van der Waals surface area contributed by atoms with Crippen LogP contribution in [0.25, 0.3) is 0 Å². The van der Waals surface area contributed by atoms with Gasteiger partial charge in [0.05, 0.1) is 0 Å². The van der Waals surface area contributed by atoms with Gasteiger partial charge in [-0.25, -0.2) is 0 Å². The molecule has 0 amide bonds. The van der Waals surface area contributed by atoms with Crippen molar-refractivity contribution in [2.75, 3.05) is 13.1 Å². The van der Waals surface area contributed by atoms with Crippen molar-refractivity contribution in [3.05, 3.63) is 12.7 Å². The first-order chi connectivity index (χ1) is 6.92. The van der Waals surface area contributed by atoms with Gasteiger partial charge >= 0.3 is 0 Å². The van der Waals surface area contributed by atoms with Gasteiger partial charge in [-0.05, 0) is 49.1 Å². The van der Waals surface area contributed by atoms with Crippen LogP contribution in [0.2, 0.25) is 0 Å². The van der Waals surface area contributed by atoms with Crippen molar-refractivity contribution in [1.29, 1.82) is 0 Å². The third kappa shape index (κ3) is 2.63. The van der Waals surface area contributed by atoms with E-state index in [1.165, 1.54) is 25.9 Å². The summed E-state index contributed by atoms with van der Waals surface area (Å²) in [7, 11) is 0. The Hall–Kier alpha value is -0.300. The fourth-order valence-corrected chi connectivity index (χ4v) is 2.79. The van der Waals surface area contributed by atoms with Gasteiger partial charge in [0.2, 0.25) is 0 Å². The third-order valence-corrected chi connectivity index (χ3v) is 4.54. The summed E-state index contributed by atoms with van der Waals surface area (Å²) in [5.41, 5.74) is 0.817. The molecule has 1 rings (SSSR count). The van der Waals surface area contributed by atoms with E-state index in [9.17, 15) is 0 Å². The average Bonchev–Trinajstić information content (AvgIpc) is 2.65. The molecule has 15 heavy (non-hydrogen) atoms. The lowest BCUT2D eigenvalue weighted by molar-refractivity contribution is 0.0344. The first-order valence-electron chi connectivity index (χ1n) is 6.23. The normalized spacial score (nSPS) is 26.3. The SMILES string of the molecule is C=CCCC(C)(C1CCNC1)C(C)(C)C. The van der Waals surface area contributed by atoms with E-state index in [1.807, 2.05) is 0 Å². The van der Waals surface area contributed by atoms with Crippen LogP contribution in [-0.4, -0.2) is 13.1 Å². The Kier molecular flexibility index (Phi) is 3.99. The maximum atomic E-state index is 3.86. The molecule has 1 saturated heterocycles. The molecule has 0 aromatic heterocycles. The van der Waals surface area contributed by atoms with Gasteiger partial charge in [-0.2, -0.15) is 0 Å². The van der Waals surface area contributed by atoms with Crippen LogP contribution >= 0.6 is 0 Å². The zero-order valence-corrected chi connectivity index (χ0v) is 10.9. The zero-order chi connectivity index (χ0) is 11.5. The van der Waals surface area contributed by atoms with Crippen LogP contribution in [0.15, 0.2) is 12.7 Å². The summed E-state index contributed by atoms with van der Waals surface area (Å²) < 4.78 is 0. The Morgan fingerprint density at radius 1 is 1.33 bits per heavy atom. The largest absolute Gasteiger partial charge is 0.316 e. The Bertz CT molecular complexity index is 208. The van der Waals surface area contributed by atoms with Crippen LogP contribution in [0.3, 0.4) is 0 Å². The summed E-state index contributed by atoms with van der Waals surface area (Å²) in [4.78, 5) is 0. The van der Waals surface area contributed by atoms with Crippen LogP contribution in [0.5, 0.6) is 0 Å². The average molecular weight is 209 g/mol. The van der Waals surface area contributed by atoms with Gasteiger partial charge in [-0.3, -0.25) is 0 Å². The summed E-state index contributed by atoms with van der Waals surface area (Å²) in [6.07, 6.45) is 5.81. The second-order valence-corrected chi connectivity index (χ2v) is 6.18. The van der Waals surface area contributed by atoms with E-state index in [2.05, 4.69) is 45.7 Å². The van der Waals surface area contributed by atoms with Gasteiger partial charge in [0, 0.05) is 0 Å². The lowest BCUT2D eigenvalue weighted by atomic mass is 9.58. The minimum atomic E-state index is 0.382. The maximum absolute atomic E-state index is 3.86. The molecule has 88 valence electrons. The smallest absolute Gasteiger partial charge is 0.00146 e. The van der Waals surface area contributed by atoms with Crippen LogP contribution < -0.4 is 5.32 Å². The van der Waals surface area contributed by atoms with E-state index in [-0.39, 0.29) is 0 Å². The second-order valence-electron chi connectivity index (χ2n) is 6.18. The Balaban J connectivity index is 2.79. The Morgan fingerprint density at radius 3 is 2.40 bits per heavy atom. The molecule has 1 heterocycles. The van der Waals surface area contributed by atoms with E-state index >= 15 is 0 Å². The van der Waals surface area contributed by atoms with E-state index in [0.29, 0.717) is 10.8 Å². The molecule has 0 aromatic rings. The van der Waals surface area contributed by atoms with Crippen molar-refractivity contribution in [3.8, 4) is 0 Å². The van der Waals surface area contributed by atoms with Crippen molar-refractivity contribution in [2.24, 2.45) is 16.7 Å². The van der Waals surface area contributed by atoms with E-state index in [0.717, 1.165) is 12.3 Å². The fraction of sp³-hybridized carbons (Fsp3) is 0.857. The summed E-state index contributed by atoms with van der Waals surface area (Å²) >= 11 is 0. The number of hydrogen-bond acceptors (Lipinski definition) is 1. The highest BCUT2D eigenvalue weighted by molar-refractivity contribution is 4.96. The van der Waals surface area contributed by atoms with Crippen molar-refractivity contribution < 1.29 is 0 Å². The summed E-state index contributed by atoms with van der Waals surface area (Å²) in [6, 6.07) is 0. The maximum Gasteiger partial charge on any atom is -0.00146 e. The minimum absolute atomic E-state index is 0.382. The highest BCUT2D eigenvalue weighted by Crippen LogP contribution is 2.49. The minimum Gasteiger partial charge on any atom is -0.316 e. The molecule has 0 spiro atoms. The van der Waals surface area contributed by atoms with Gasteiger partial charge in [-0.1, -0.05) is 33.8 Å². The van der Waals surface area contributed by atoms with Gasteiger partial charge in [0.15, 0.2) is 0 Å². The predicted molar refractivity (Wildman–Crippen MR) is 68.0 cm³/mol. The van der Waals surface area contributed by atoms with E-state index in [1.54, 1.807) is 0 Å². The van der Waals surface area contributed by atoms with Crippen molar-refractivity contribution >= 4 is 0 Å². The summed E-state index contributed by atoms with van der Waals surface area (Å²) in [6.45, 7) is 15.9. The van der Waals surface area contributed by atoms with Crippen LogP contribution in [0.4, 0.5) is 0 Å². The molecule has 0 bridgehead atoms. The molecular weight excluding hydrogens is 182 g/mol. The molecule has 1 aliphatic rings. The molecular formula is C14H27N. The third-order valence-electron chi connectivity index (χ3n) is 4.54. The van der Waals surface area contributed by atoms with Crippen molar-refractivity contribution in [3.63, 3.8) is 0 Å². The van der Waals surface area contributed by atoms with Crippen molar-refractivity contribution in [1.82, 2.24) is 5.32 Å². The zero-order valence-electron chi connectivity index (χ0n) is 10.9. The highest BCUT2D eigenvalue weighted by Gasteiger charge is 2.43. The van der Waals surface area contributed by atoms with Gasteiger partial charge < -0.3 is 5.32 Å². The number of rotatable bonds is 4. The lowest BCUT2D eigenvalue weighted by Gasteiger charge is -2.46. The Morgan fingerprint density at radius 2 is 2.00 bits per heavy atom. The number of allylic oxidation sites excluding steroid dienone is 1. The topological polar surface area (TPSA) is 12.0 Å². The monoisotopic (exact) mass is 209 g/mol. The molecule has 1 heteroatoms. The summed E-state index contributed by atoms with van der Waals surface area (Å²) in [5, 5.41) is 3.50. The van der Waals surface area contributed by atoms with Gasteiger partial charge in [-0.15, -0.1) is 6.58 Å². The molecule has 1 nitrogen and oxygen atoms in total. The molecule has 0 saturated carbocycles. The molecule has 1 fully saturated rings. The molecule has 1 aliphatic heterocycles. The standard InChI is InChI=1S/C14H27N/c1-6-7-9-14(5,13(2,3)4)12-8-10-15-11-12/h6,12,15H,1,7-11H2,2-5H3. The molecule has 0 aromatic carbocycles. The number of nitrogens with one attached hydrogen (secondary N) is 1. The van der Waals surface area contributed by atoms with Crippen LogP contribution in [0.1, 0.15) is 47.0 Å². The fourth-order valence-electron chi connectivity index (χ4n) is 2.79. The Labute approximate surface area is 95.3 Å². The van der Waals surface area contributed by atoms with Crippen LogP contribution in [0, 0.1) is 16.7 Å². The molecule has 0 aliphatic carbocycles. The van der Waals surface area contributed by atoms with Gasteiger partial charge in [0.25, 0.3) is 0 Å². The van der Waals surface area contributed by atoms with E-state index < -0.39 is 0 Å². The molecule has 2 atom stereocenters. The first kappa shape index (κ1) is 12.8. The van der Waals surface area contributed by atoms with Crippen molar-refractivity contribution in [2.45, 2.75) is 47.0 Å². The lowest BCUT2D eigenvalue weighted by Crippen LogP contribution is -2.40. The quantitative estimate of drug-likeness (QED) is 0.697. The molecule has 0 radical (unpaired) electrons.